The standard InChI is InChI=1S/C20H24O/c1-20(14-6-3-7-15-20)19(21)18-12-10-17(11-13-18)16-8-4-2-5-9-16/h2,4-5,8-13,19,21H,3,6-7,14-15H2,1H3. The van der Waals surface area contributed by atoms with Crippen LogP contribution in [0.3, 0.4) is 0 Å². The molecule has 3 rings (SSSR count). The van der Waals surface area contributed by atoms with Crippen LogP contribution in [0.5, 0.6) is 0 Å². The summed E-state index contributed by atoms with van der Waals surface area (Å²) in [6.07, 6.45) is 5.73. The molecule has 1 saturated carbocycles. The summed E-state index contributed by atoms with van der Waals surface area (Å²) >= 11 is 0. The van der Waals surface area contributed by atoms with E-state index in [0.29, 0.717) is 0 Å². The van der Waals surface area contributed by atoms with Gasteiger partial charge in [0.05, 0.1) is 6.10 Å². The molecule has 1 heteroatoms. The smallest absolute Gasteiger partial charge is 0.0843 e. The quantitative estimate of drug-likeness (QED) is 0.802. The lowest BCUT2D eigenvalue weighted by atomic mass is 9.70. The van der Waals surface area contributed by atoms with Gasteiger partial charge in [0.15, 0.2) is 0 Å². The van der Waals surface area contributed by atoms with Crippen molar-refractivity contribution in [2.75, 3.05) is 0 Å². The molecule has 1 fully saturated rings. The van der Waals surface area contributed by atoms with Crippen LogP contribution < -0.4 is 0 Å². The predicted octanol–water partition coefficient (Wildman–Crippen LogP) is 5.36. The second kappa shape index (κ2) is 6.03. The normalized spacial score (nSPS) is 19.1. The van der Waals surface area contributed by atoms with E-state index in [4.69, 9.17) is 0 Å². The Balaban J connectivity index is 1.80. The van der Waals surface area contributed by atoms with E-state index >= 15 is 0 Å². The van der Waals surface area contributed by atoms with E-state index in [1.807, 2.05) is 6.07 Å². The molecule has 1 aliphatic carbocycles. The topological polar surface area (TPSA) is 20.2 Å². The van der Waals surface area contributed by atoms with Crippen LogP contribution in [0.4, 0.5) is 0 Å². The number of hydrogen-bond donors (Lipinski definition) is 1. The molecule has 0 aliphatic heterocycles. The van der Waals surface area contributed by atoms with Gasteiger partial charge >= 0.3 is 0 Å². The molecule has 1 unspecified atom stereocenters. The molecule has 2 aromatic carbocycles. The minimum Gasteiger partial charge on any atom is -0.388 e. The number of rotatable bonds is 3. The van der Waals surface area contributed by atoms with Crippen LogP contribution in [-0.4, -0.2) is 5.11 Å². The molecule has 0 heterocycles. The van der Waals surface area contributed by atoms with Crippen molar-refractivity contribution in [1.82, 2.24) is 0 Å². The van der Waals surface area contributed by atoms with E-state index in [-0.39, 0.29) is 11.5 Å². The van der Waals surface area contributed by atoms with Crippen LogP contribution in [0.1, 0.15) is 50.7 Å². The van der Waals surface area contributed by atoms with Gasteiger partial charge in [0.2, 0.25) is 0 Å². The van der Waals surface area contributed by atoms with Crippen molar-refractivity contribution in [3.05, 3.63) is 60.2 Å². The summed E-state index contributed by atoms with van der Waals surface area (Å²) in [5.74, 6) is 0. The zero-order chi connectivity index (χ0) is 14.7. The molecular formula is C20H24O. The van der Waals surface area contributed by atoms with Crippen molar-refractivity contribution in [1.29, 1.82) is 0 Å². The summed E-state index contributed by atoms with van der Waals surface area (Å²) in [5.41, 5.74) is 3.54. The fraction of sp³-hybridized carbons (Fsp3) is 0.400. The van der Waals surface area contributed by atoms with Gasteiger partial charge in [-0.25, -0.2) is 0 Å². The summed E-state index contributed by atoms with van der Waals surface area (Å²) in [7, 11) is 0. The van der Waals surface area contributed by atoms with Gasteiger partial charge in [-0.15, -0.1) is 0 Å². The first-order valence-corrected chi connectivity index (χ1v) is 8.02. The maximum absolute atomic E-state index is 10.8. The maximum Gasteiger partial charge on any atom is 0.0843 e. The molecule has 0 spiro atoms. The highest BCUT2D eigenvalue weighted by Crippen LogP contribution is 2.45. The fourth-order valence-corrected chi connectivity index (χ4v) is 3.52. The van der Waals surface area contributed by atoms with Crippen LogP contribution >= 0.6 is 0 Å². The number of hydrogen-bond acceptors (Lipinski definition) is 1. The van der Waals surface area contributed by atoms with Gasteiger partial charge in [-0.2, -0.15) is 0 Å². The van der Waals surface area contributed by atoms with E-state index in [1.165, 1.54) is 30.4 Å². The van der Waals surface area contributed by atoms with Crippen molar-refractivity contribution >= 4 is 0 Å². The number of aliphatic hydroxyl groups is 1. The summed E-state index contributed by atoms with van der Waals surface area (Å²) in [6, 6.07) is 18.8. The average molecular weight is 280 g/mol. The first-order chi connectivity index (χ1) is 10.2. The monoisotopic (exact) mass is 280 g/mol. The molecule has 0 radical (unpaired) electrons. The Kier molecular flexibility index (Phi) is 4.12. The number of aliphatic hydroxyl groups excluding tert-OH is 1. The minimum atomic E-state index is -0.345. The molecule has 0 aromatic heterocycles. The Labute approximate surface area is 127 Å². The first kappa shape index (κ1) is 14.3. The van der Waals surface area contributed by atoms with Crippen LogP contribution in [0.25, 0.3) is 11.1 Å². The molecule has 1 N–H and O–H groups in total. The highest BCUT2D eigenvalue weighted by atomic mass is 16.3. The van der Waals surface area contributed by atoms with Gasteiger partial charge in [0, 0.05) is 0 Å². The van der Waals surface area contributed by atoms with Gasteiger partial charge in [-0.1, -0.05) is 80.8 Å². The Bertz CT molecular complexity index is 565. The lowest BCUT2D eigenvalue weighted by molar-refractivity contribution is 0.00820. The lowest BCUT2D eigenvalue weighted by Crippen LogP contribution is -2.28. The van der Waals surface area contributed by atoms with Crippen molar-refractivity contribution in [2.24, 2.45) is 5.41 Å². The molecule has 0 bridgehead atoms. The second-order valence-corrected chi connectivity index (χ2v) is 6.61. The maximum atomic E-state index is 10.8. The Morgan fingerprint density at radius 1 is 0.810 bits per heavy atom. The predicted molar refractivity (Wildman–Crippen MR) is 88.0 cm³/mol. The summed E-state index contributed by atoms with van der Waals surface area (Å²) in [6.45, 7) is 2.24. The molecule has 0 amide bonds. The highest BCUT2D eigenvalue weighted by molar-refractivity contribution is 5.63. The summed E-state index contributed by atoms with van der Waals surface area (Å²) in [5, 5.41) is 10.8. The SMILES string of the molecule is CC1(C(O)c2ccc(-c3ccccc3)cc2)CCCCC1. The molecule has 21 heavy (non-hydrogen) atoms. The summed E-state index contributed by atoms with van der Waals surface area (Å²) in [4.78, 5) is 0. The minimum absolute atomic E-state index is 0.0481. The van der Waals surface area contributed by atoms with Crippen molar-refractivity contribution in [3.8, 4) is 11.1 Å². The zero-order valence-electron chi connectivity index (χ0n) is 12.8. The van der Waals surface area contributed by atoms with Gasteiger partial charge in [0.25, 0.3) is 0 Å². The first-order valence-electron chi connectivity index (χ1n) is 8.02. The van der Waals surface area contributed by atoms with Crippen molar-refractivity contribution in [2.45, 2.75) is 45.1 Å². The van der Waals surface area contributed by atoms with E-state index in [1.54, 1.807) is 0 Å². The van der Waals surface area contributed by atoms with Crippen molar-refractivity contribution in [3.63, 3.8) is 0 Å². The third kappa shape index (κ3) is 3.03. The lowest BCUT2D eigenvalue weighted by Gasteiger charge is -2.38. The number of benzene rings is 2. The average Bonchev–Trinajstić information content (AvgIpc) is 2.56. The third-order valence-corrected chi connectivity index (χ3v) is 4.99. The van der Waals surface area contributed by atoms with Gasteiger partial charge in [-0.3, -0.25) is 0 Å². The molecule has 0 saturated heterocycles. The fourth-order valence-electron chi connectivity index (χ4n) is 3.52. The molecule has 1 aliphatic rings. The molecule has 110 valence electrons. The van der Waals surface area contributed by atoms with Crippen LogP contribution in [0, 0.1) is 5.41 Å². The summed E-state index contributed by atoms with van der Waals surface area (Å²) < 4.78 is 0. The van der Waals surface area contributed by atoms with E-state index < -0.39 is 0 Å². The Hall–Kier alpha value is -1.60. The Morgan fingerprint density at radius 3 is 2.00 bits per heavy atom. The second-order valence-electron chi connectivity index (χ2n) is 6.61. The van der Waals surface area contributed by atoms with Gasteiger partial charge in [-0.05, 0) is 34.9 Å². The Morgan fingerprint density at radius 2 is 1.38 bits per heavy atom. The largest absolute Gasteiger partial charge is 0.388 e. The highest BCUT2D eigenvalue weighted by Gasteiger charge is 2.35. The third-order valence-electron chi connectivity index (χ3n) is 4.99. The van der Waals surface area contributed by atoms with Crippen LogP contribution in [0.2, 0.25) is 0 Å². The van der Waals surface area contributed by atoms with Crippen LogP contribution in [0.15, 0.2) is 54.6 Å². The van der Waals surface area contributed by atoms with E-state index in [9.17, 15) is 5.11 Å². The van der Waals surface area contributed by atoms with Crippen molar-refractivity contribution < 1.29 is 5.11 Å². The van der Waals surface area contributed by atoms with Gasteiger partial charge in [0.1, 0.15) is 0 Å². The van der Waals surface area contributed by atoms with E-state index in [2.05, 4.69) is 55.5 Å². The van der Waals surface area contributed by atoms with Gasteiger partial charge < -0.3 is 5.11 Å². The zero-order valence-corrected chi connectivity index (χ0v) is 12.8. The van der Waals surface area contributed by atoms with E-state index in [0.717, 1.165) is 18.4 Å². The van der Waals surface area contributed by atoms with Crippen LogP contribution in [-0.2, 0) is 0 Å². The molecule has 1 atom stereocenters. The molecule has 2 aromatic rings. The molecular weight excluding hydrogens is 256 g/mol. The molecule has 1 nitrogen and oxygen atoms in total.